The molecule has 1 heterocycles. The molecular formula is C13H17N3. The quantitative estimate of drug-likeness (QED) is 0.851. The molecule has 1 aromatic carbocycles. The fraction of sp³-hybridized carbons (Fsp3) is 0.308. The fourth-order valence-electron chi connectivity index (χ4n) is 1.76. The number of aryl methyl sites for hydroxylation is 2. The van der Waals surface area contributed by atoms with Crippen LogP contribution in [-0.4, -0.2) is 9.78 Å². The molecule has 0 unspecified atom stereocenters. The standard InChI is InChI=1S/C13H17N3/c1-11-13(14)10-15-16(11)9-5-8-12-6-3-2-4-7-12/h2-4,6-7,10H,5,8-9,14H2,1H3. The Morgan fingerprint density at radius 2 is 2.00 bits per heavy atom. The highest BCUT2D eigenvalue weighted by atomic mass is 15.3. The van der Waals surface area contributed by atoms with Crippen LogP contribution in [0.5, 0.6) is 0 Å². The number of hydrogen-bond acceptors (Lipinski definition) is 2. The summed E-state index contributed by atoms with van der Waals surface area (Å²) < 4.78 is 1.97. The van der Waals surface area contributed by atoms with Crippen LogP contribution in [0.1, 0.15) is 17.7 Å². The van der Waals surface area contributed by atoms with Gasteiger partial charge in [-0.25, -0.2) is 0 Å². The van der Waals surface area contributed by atoms with Crippen molar-refractivity contribution in [1.29, 1.82) is 0 Å². The predicted molar refractivity (Wildman–Crippen MR) is 66.1 cm³/mol. The lowest BCUT2D eigenvalue weighted by atomic mass is 10.1. The van der Waals surface area contributed by atoms with E-state index in [2.05, 4.69) is 29.4 Å². The van der Waals surface area contributed by atoms with Crippen LogP contribution in [0.25, 0.3) is 0 Å². The van der Waals surface area contributed by atoms with E-state index in [-0.39, 0.29) is 0 Å². The van der Waals surface area contributed by atoms with Gasteiger partial charge in [-0.1, -0.05) is 30.3 Å². The summed E-state index contributed by atoms with van der Waals surface area (Å²) in [6.07, 6.45) is 3.89. The van der Waals surface area contributed by atoms with Crippen molar-refractivity contribution < 1.29 is 0 Å². The van der Waals surface area contributed by atoms with Gasteiger partial charge in [0.25, 0.3) is 0 Å². The van der Waals surface area contributed by atoms with E-state index in [1.165, 1.54) is 5.56 Å². The zero-order valence-corrected chi connectivity index (χ0v) is 9.56. The summed E-state index contributed by atoms with van der Waals surface area (Å²) in [4.78, 5) is 0. The van der Waals surface area contributed by atoms with Gasteiger partial charge in [-0.2, -0.15) is 5.10 Å². The van der Waals surface area contributed by atoms with Gasteiger partial charge in [-0.3, -0.25) is 4.68 Å². The number of nitrogens with two attached hydrogens (primary N) is 1. The van der Waals surface area contributed by atoms with Crippen molar-refractivity contribution in [3.63, 3.8) is 0 Å². The van der Waals surface area contributed by atoms with Gasteiger partial charge >= 0.3 is 0 Å². The van der Waals surface area contributed by atoms with Crippen LogP contribution in [0, 0.1) is 6.92 Å². The molecule has 16 heavy (non-hydrogen) atoms. The Hall–Kier alpha value is -1.77. The SMILES string of the molecule is Cc1c(N)cnn1CCCc1ccccc1. The van der Waals surface area contributed by atoms with E-state index < -0.39 is 0 Å². The Morgan fingerprint density at radius 3 is 2.62 bits per heavy atom. The van der Waals surface area contributed by atoms with E-state index in [0.29, 0.717) is 0 Å². The van der Waals surface area contributed by atoms with Crippen LogP contribution in [0.2, 0.25) is 0 Å². The molecule has 0 atom stereocenters. The molecule has 0 saturated carbocycles. The highest BCUT2D eigenvalue weighted by molar-refractivity contribution is 5.39. The van der Waals surface area contributed by atoms with Crippen LogP contribution in [-0.2, 0) is 13.0 Å². The van der Waals surface area contributed by atoms with Crippen LogP contribution in [0.3, 0.4) is 0 Å². The van der Waals surface area contributed by atoms with Crippen molar-refractivity contribution in [3.05, 3.63) is 47.8 Å². The topological polar surface area (TPSA) is 43.8 Å². The lowest BCUT2D eigenvalue weighted by Crippen LogP contribution is -2.04. The molecule has 1 aromatic heterocycles. The van der Waals surface area contributed by atoms with E-state index in [0.717, 1.165) is 30.8 Å². The number of benzene rings is 1. The lowest BCUT2D eigenvalue weighted by molar-refractivity contribution is 0.566. The Balaban J connectivity index is 1.87. The first-order valence-corrected chi connectivity index (χ1v) is 5.59. The van der Waals surface area contributed by atoms with Gasteiger partial charge in [0.15, 0.2) is 0 Å². The van der Waals surface area contributed by atoms with Crippen molar-refractivity contribution in [2.24, 2.45) is 0 Å². The largest absolute Gasteiger partial charge is 0.396 e. The average molecular weight is 215 g/mol. The van der Waals surface area contributed by atoms with Crippen molar-refractivity contribution >= 4 is 5.69 Å². The Bertz CT molecular complexity index is 445. The summed E-state index contributed by atoms with van der Waals surface area (Å²) in [5.74, 6) is 0. The smallest absolute Gasteiger partial charge is 0.0730 e. The summed E-state index contributed by atoms with van der Waals surface area (Å²) in [6.45, 7) is 2.93. The van der Waals surface area contributed by atoms with E-state index in [9.17, 15) is 0 Å². The molecule has 0 aliphatic carbocycles. The number of rotatable bonds is 4. The first kappa shape index (κ1) is 10.7. The van der Waals surface area contributed by atoms with Gasteiger partial charge < -0.3 is 5.73 Å². The van der Waals surface area contributed by atoms with Crippen LogP contribution in [0.15, 0.2) is 36.5 Å². The van der Waals surface area contributed by atoms with Crippen LogP contribution >= 0.6 is 0 Å². The molecular weight excluding hydrogens is 198 g/mol. The first-order chi connectivity index (χ1) is 7.77. The molecule has 0 amide bonds. The molecule has 2 aromatic rings. The van der Waals surface area contributed by atoms with Crippen LogP contribution in [0.4, 0.5) is 5.69 Å². The van der Waals surface area contributed by atoms with Crippen molar-refractivity contribution in [2.75, 3.05) is 5.73 Å². The third-order valence-corrected chi connectivity index (χ3v) is 2.82. The summed E-state index contributed by atoms with van der Waals surface area (Å²) in [6, 6.07) is 10.5. The first-order valence-electron chi connectivity index (χ1n) is 5.59. The predicted octanol–water partition coefficient (Wildman–Crippen LogP) is 2.41. The maximum atomic E-state index is 5.74. The van der Waals surface area contributed by atoms with Gasteiger partial charge in [0.1, 0.15) is 0 Å². The zero-order valence-electron chi connectivity index (χ0n) is 9.56. The Labute approximate surface area is 95.9 Å². The maximum absolute atomic E-state index is 5.74. The molecule has 3 heteroatoms. The third-order valence-electron chi connectivity index (χ3n) is 2.82. The summed E-state index contributed by atoms with van der Waals surface area (Å²) in [5.41, 5.74) is 8.96. The number of aromatic nitrogens is 2. The minimum absolute atomic E-state index is 0.778. The van der Waals surface area contributed by atoms with Gasteiger partial charge in [0.05, 0.1) is 17.6 Å². The highest BCUT2D eigenvalue weighted by Gasteiger charge is 2.02. The van der Waals surface area contributed by atoms with Gasteiger partial charge in [-0.05, 0) is 25.3 Å². The van der Waals surface area contributed by atoms with Gasteiger partial charge in [0.2, 0.25) is 0 Å². The minimum atomic E-state index is 0.778. The highest BCUT2D eigenvalue weighted by Crippen LogP contribution is 2.10. The molecule has 0 fully saturated rings. The van der Waals surface area contributed by atoms with E-state index >= 15 is 0 Å². The zero-order chi connectivity index (χ0) is 11.4. The molecule has 3 nitrogen and oxygen atoms in total. The second-order valence-corrected chi connectivity index (χ2v) is 4.00. The number of nitrogen functional groups attached to an aromatic ring is 1. The van der Waals surface area contributed by atoms with Crippen molar-refractivity contribution in [1.82, 2.24) is 9.78 Å². The molecule has 2 rings (SSSR count). The minimum Gasteiger partial charge on any atom is -0.396 e. The summed E-state index contributed by atoms with van der Waals surface area (Å²) in [7, 11) is 0. The second-order valence-electron chi connectivity index (χ2n) is 4.00. The maximum Gasteiger partial charge on any atom is 0.0730 e. The molecule has 0 saturated heterocycles. The summed E-state index contributed by atoms with van der Waals surface area (Å²) >= 11 is 0. The molecule has 0 aliphatic heterocycles. The average Bonchev–Trinajstić information content (AvgIpc) is 2.62. The number of hydrogen-bond donors (Lipinski definition) is 1. The van der Waals surface area contributed by atoms with Gasteiger partial charge in [0, 0.05) is 6.54 Å². The number of anilines is 1. The number of nitrogens with zero attached hydrogens (tertiary/aromatic N) is 2. The molecule has 0 radical (unpaired) electrons. The van der Waals surface area contributed by atoms with E-state index in [1.54, 1.807) is 6.20 Å². The third kappa shape index (κ3) is 2.42. The van der Waals surface area contributed by atoms with E-state index in [1.807, 2.05) is 17.7 Å². The second kappa shape index (κ2) is 4.84. The Kier molecular flexibility index (Phi) is 3.25. The molecule has 84 valence electrons. The fourth-order valence-corrected chi connectivity index (χ4v) is 1.76. The molecule has 0 bridgehead atoms. The van der Waals surface area contributed by atoms with E-state index in [4.69, 9.17) is 5.73 Å². The molecule has 0 spiro atoms. The van der Waals surface area contributed by atoms with Crippen molar-refractivity contribution in [2.45, 2.75) is 26.3 Å². The Morgan fingerprint density at radius 1 is 1.25 bits per heavy atom. The monoisotopic (exact) mass is 215 g/mol. The lowest BCUT2D eigenvalue weighted by Gasteiger charge is -2.04. The van der Waals surface area contributed by atoms with Crippen LogP contribution < -0.4 is 5.73 Å². The normalized spacial score (nSPS) is 10.6. The summed E-state index contributed by atoms with van der Waals surface area (Å²) in [5, 5.41) is 4.24. The molecule has 2 N–H and O–H groups in total. The molecule has 0 aliphatic rings. The van der Waals surface area contributed by atoms with Crippen molar-refractivity contribution in [3.8, 4) is 0 Å². The van der Waals surface area contributed by atoms with Gasteiger partial charge in [-0.15, -0.1) is 0 Å².